The predicted molar refractivity (Wildman–Crippen MR) is 70.4 cm³/mol. The third-order valence-corrected chi connectivity index (χ3v) is 3.13. The Kier molecular flexibility index (Phi) is 5.25. The van der Waals surface area contributed by atoms with E-state index in [1.807, 2.05) is 38.2 Å². The molecular weight excluding hydrogens is 238 g/mol. The quantitative estimate of drug-likeness (QED) is 0.367. The maximum atomic E-state index is 8.52. The second kappa shape index (κ2) is 6.47. The van der Waals surface area contributed by atoms with Crippen molar-refractivity contribution >= 4 is 17.4 Å². The molecule has 0 aliphatic heterocycles. The van der Waals surface area contributed by atoms with Gasteiger partial charge in [0.05, 0.1) is 0 Å². The number of amidine groups is 1. The van der Waals surface area contributed by atoms with Crippen molar-refractivity contribution in [2.45, 2.75) is 25.9 Å². The summed E-state index contributed by atoms with van der Waals surface area (Å²) in [6, 6.07) is 7.92. The molecule has 1 aromatic carbocycles. The highest BCUT2D eigenvalue weighted by molar-refractivity contribution is 6.31. The van der Waals surface area contributed by atoms with E-state index in [9.17, 15) is 0 Å². The zero-order valence-corrected chi connectivity index (χ0v) is 10.9. The van der Waals surface area contributed by atoms with Crippen molar-refractivity contribution in [3.8, 4) is 0 Å². The van der Waals surface area contributed by atoms with Crippen molar-refractivity contribution in [3.05, 3.63) is 34.9 Å². The van der Waals surface area contributed by atoms with Gasteiger partial charge in [-0.15, -0.1) is 0 Å². The van der Waals surface area contributed by atoms with Gasteiger partial charge in [0.1, 0.15) is 5.84 Å². The molecule has 17 heavy (non-hydrogen) atoms. The minimum absolute atomic E-state index is 0.183. The van der Waals surface area contributed by atoms with Gasteiger partial charge in [0.15, 0.2) is 0 Å². The van der Waals surface area contributed by atoms with Gasteiger partial charge in [-0.05, 0) is 25.6 Å². The minimum atomic E-state index is 0.183. The molecule has 0 saturated carbocycles. The Morgan fingerprint density at radius 2 is 2.18 bits per heavy atom. The zero-order chi connectivity index (χ0) is 12.8. The summed E-state index contributed by atoms with van der Waals surface area (Å²) < 4.78 is 0. The second-order valence-electron chi connectivity index (χ2n) is 4.15. The molecule has 3 N–H and O–H groups in total. The molecule has 0 saturated heterocycles. The average Bonchev–Trinajstić information content (AvgIpc) is 2.31. The summed E-state index contributed by atoms with van der Waals surface area (Å²) in [5.41, 5.74) is 6.55. The molecule has 0 bridgehead atoms. The van der Waals surface area contributed by atoms with Gasteiger partial charge in [-0.1, -0.05) is 35.0 Å². The van der Waals surface area contributed by atoms with Gasteiger partial charge in [0.2, 0.25) is 0 Å². The van der Waals surface area contributed by atoms with Crippen LogP contribution >= 0.6 is 11.6 Å². The van der Waals surface area contributed by atoms with Crippen LogP contribution in [0.5, 0.6) is 0 Å². The van der Waals surface area contributed by atoms with Gasteiger partial charge in [-0.3, -0.25) is 4.90 Å². The Hall–Kier alpha value is -1.26. The van der Waals surface area contributed by atoms with Gasteiger partial charge in [0, 0.05) is 24.0 Å². The smallest absolute Gasteiger partial charge is 0.140 e. The van der Waals surface area contributed by atoms with E-state index < -0.39 is 0 Å². The Morgan fingerprint density at radius 3 is 2.76 bits per heavy atom. The van der Waals surface area contributed by atoms with Gasteiger partial charge < -0.3 is 10.9 Å². The predicted octanol–water partition coefficient (Wildman–Crippen LogP) is 2.30. The molecule has 5 heteroatoms. The molecule has 0 heterocycles. The number of halogens is 1. The van der Waals surface area contributed by atoms with Crippen molar-refractivity contribution in [1.82, 2.24) is 4.90 Å². The number of rotatable bonds is 5. The minimum Gasteiger partial charge on any atom is -0.409 e. The first-order valence-electron chi connectivity index (χ1n) is 5.44. The number of hydrogen-bond donors (Lipinski definition) is 2. The van der Waals surface area contributed by atoms with E-state index in [1.54, 1.807) is 0 Å². The lowest BCUT2D eigenvalue weighted by Crippen LogP contribution is -2.32. The Bertz CT molecular complexity index is 395. The fraction of sp³-hybridized carbons (Fsp3) is 0.417. The molecule has 4 nitrogen and oxygen atoms in total. The van der Waals surface area contributed by atoms with E-state index in [1.165, 1.54) is 0 Å². The van der Waals surface area contributed by atoms with E-state index in [2.05, 4.69) is 10.1 Å². The highest BCUT2D eigenvalue weighted by Gasteiger charge is 2.12. The number of benzene rings is 1. The van der Waals surface area contributed by atoms with Gasteiger partial charge in [-0.2, -0.15) is 0 Å². The van der Waals surface area contributed by atoms with Crippen LogP contribution in [0.25, 0.3) is 0 Å². The molecule has 0 radical (unpaired) electrons. The Labute approximate surface area is 107 Å². The largest absolute Gasteiger partial charge is 0.409 e. The van der Waals surface area contributed by atoms with Crippen LogP contribution in [0.1, 0.15) is 18.9 Å². The van der Waals surface area contributed by atoms with Crippen molar-refractivity contribution in [3.63, 3.8) is 0 Å². The van der Waals surface area contributed by atoms with Crippen LogP contribution in [0, 0.1) is 0 Å². The topological polar surface area (TPSA) is 61.9 Å². The monoisotopic (exact) mass is 255 g/mol. The molecule has 1 unspecified atom stereocenters. The summed E-state index contributed by atoms with van der Waals surface area (Å²) in [4.78, 5) is 2.11. The van der Waals surface area contributed by atoms with Crippen molar-refractivity contribution < 1.29 is 5.21 Å². The third-order valence-electron chi connectivity index (χ3n) is 2.76. The van der Waals surface area contributed by atoms with Crippen LogP contribution < -0.4 is 5.73 Å². The lowest BCUT2D eigenvalue weighted by Gasteiger charge is -2.24. The van der Waals surface area contributed by atoms with Crippen LogP contribution in [0.4, 0.5) is 0 Å². The number of nitrogens with two attached hydrogens (primary N) is 1. The second-order valence-corrected chi connectivity index (χ2v) is 4.56. The maximum absolute atomic E-state index is 8.52. The van der Waals surface area contributed by atoms with Crippen molar-refractivity contribution in [2.75, 3.05) is 7.05 Å². The van der Waals surface area contributed by atoms with Crippen LogP contribution in [-0.4, -0.2) is 29.0 Å². The standard InChI is InChI=1S/C12H18ClN3O/c1-9(7-12(14)15-17)16(2)8-10-5-3-4-6-11(10)13/h3-6,9,17H,7-8H2,1-2H3,(H2,14,15). The van der Waals surface area contributed by atoms with E-state index in [0.29, 0.717) is 6.42 Å². The molecule has 94 valence electrons. The SMILES string of the molecule is CC(CC(N)=NO)N(C)Cc1ccccc1Cl. The first-order valence-corrected chi connectivity index (χ1v) is 5.82. The highest BCUT2D eigenvalue weighted by atomic mass is 35.5. The summed E-state index contributed by atoms with van der Waals surface area (Å²) in [5, 5.41) is 12.3. The molecule has 0 spiro atoms. The molecule has 0 aliphatic rings. The molecule has 1 atom stereocenters. The number of oxime groups is 1. The van der Waals surface area contributed by atoms with Crippen LogP contribution in [0.15, 0.2) is 29.4 Å². The molecule has 1 rings (SSSR count). The molecule has 0 aromatic heterocycles. The van der Waals surface area contributed by atoms with Crippen LogP contribution in [0.3, 0.4) is 0 Å². The summed E-state index contributed by atoms with van der Waals surface area (Å²) in [5.74, 6) is 0.239. The molecule has 1 aromatic rings. The molecule has 0 aliphatic carbocycles. The van der Waals surface area contributed by atoms with Crippen molar-refractivity contribution in [1.29, 1.82) is 0 Å². The van der Waals surface area contributed by atoms with E-state index in [4.69, 9.17) is 22.5 Å². The summed E-state index contributed by atoms with van der Waals surface area (Å²) >= 11 is 6.09. The van der Waals surface area contributed by atoms with Gasteiger partial charge in [0.25, 0.3) is 0 Å². The van der Waals surface area contributed by atoms with E-state index in [0.717, 1.165) is 17.1 Å². The third kappa shape index (κ3) is 4.24. The van der Waals surface area contributed by atoms with Gasteiger partial charge in [-0.25, -0.2) is 0 Å². The maximum Gasteiger partial charge on any atom is 0.140 e. The molecule has 0 fully saturated rings. The van der Waals surface area contributed by atoms with Crippen molar-refractivity contribution in [2.24, 2.45) is 10.9 Å². The molecule has 0 amide bonds. The normalized spacial score (nSPS) is 14.0. The Morgan fingerprint density at radius 1 is 1.53 bits per heavy atom. The first-order chi connectivity index (χ1) is 8.04. The summed E-state index contributed by atoms with van der Waals surface area (Å²) in [6.45, 7) is 2.76. The lowest BCUT2D eigenvalue weighted by molar-refractivity contribution is 0.251. The zero-order valence-electron chi connectivity index (χ0n) is 10.1. The van der Waals surface area contributed by atoms with Crippen LogP contribution in [-0.2, 0) is 6.54 Å². The van der Waals surface area contributed by atoms with E-state index >= 15 is 0 Å². The average molecular weight is 256 g/mol. The summed E-state index contributed by atoms with van der Waals surface area (Å²) in [7, 11) is 1.98. The Balaban J connectivity index is 2.60. The summed E-state index contributed by atoms with van der Waals surface area (Å²) in [6.07, 6.45) is 0.525. The number of hydrogen-bond acceptors (Lipinski definition) is 3. The lowest BCUT2D eigenvalue weighted by atomic mass is 10.1. The number of nitrogens with zero attached hydrogens (tertiary/aromatic N) is 2. The van der Waals surface area contributed by atoms with Crippen LogP contribution in [0.2, 0.25) is 5.02 Å². The first kappa shape index (κ1) is 13.8. The van der Waals surface area contributed by atoms with E-state index in [-0.39, 0.29) is 11.9 Å². The molecular formula is C12H18ClN3O. The highest BCUT2D eigenvalue weighted by Crippen LogP contribution is 2.17. The fourth-order valence-corrected chi connectivity index (χ4v) is 1.75. The van der Waals surface area contributed by atoms with Gasteiger partial charge >= 0.3 is 0 Å². The fourth-order valence-electron chi connectivity index (χ4n) is 1.55.